The number of carbonyl (C=O) groups is 1. The average molecular weight is 187 g/mol. The van der Waals surface area contributed by atoms with Gasteiger partial charge in [0.25, 0.3) is 0 Å². The largest absolute Gasteiger partial charge is 0.478 e. The molecule has 0 amide bonds. The van der Waals surface area contributed by atoms with Crippen molar-refractivity contribution in [1.29, 1.82) is 0 Å². The molecule has 0 aliphatic carbocycles. The lowest BCUT2D eigenvalue weighted by molar-refractivity contribution is 0.0698. The molecule has 1 aromatic heterocycles. The molecule has 14 heavy (non-hydrogen) atoms. The van der Waals surface area contributed by atoms with Crippen LogP contribution in [-0.4, -0.2) is 16.1 Å². The van der Waals surface area contributed by atoms with Crippen molar-refractivity contribution in [3.63, 3.8) is 0 Å². The third-order valence-electron chi connectivity index (χ3n) is 2.08. The zero-order chi connectivity index (χ0) is 10.1. The van der Waals surface area contributed by atoms with E-state index in [-0.39, 0.29) is 5.56 Å². The number of carboxylic acid groups (broad SMARTS) is 1. The highest BCUT2D eigenvalue weighted by molar-refractivity contribution is 6.01. The number of aromatic nitrogens is 1. The monoisotopic (exact) mass is 187 g/mol. The minimum absolute atomic E-state index is 0.264. The molecule has 0 bridgehead atoms. The molecule has 3 nitrogen and oxygen atoms in total. The van der Waals surface area contributed by atoms with Gasteiger partial charge in [-0.05, 0) is 30.7 Å². The van der Waals surface area contributed by atoms with Crippen molar-refractivity contribution in [2.45, 2.75) is 6.92 Å². The highest BCUT2D eigenvalue weighted by Gasteiger charge is 2.09. The zero-order valence-electron chi connectivity index (χ0n) is 7.69. The molecule has 0 saturated heterocycles. The van der Waals surface area contributed by atoms with Crippen LogP contribution in [0.3, 0.4) is 0 Å². The molecule has 3 heteroatoms. The Kier molecular flexibility index (Phi) is 1.93. The maximum Gasteiger partial charge on any atom is 0.337 e. The minimum atomic E-state index is -0.933. The molecule has 0 radical (unpaired) electrons. The van der Waals surface area contributed by atoms with Crippen LogP contribution in [-0.2, 0) is 0 Å². The van der Waals surface area contributed by atoms with E-state index >= 15 is 0 Å². The quantitative estimate of drug-likeness (QED) is 0.744. The first-order chi connectivity index (χ1) is 6.68. The first-order valence-corrected chi connectivity index (χ1v) is 4.27. The Balaban J connectivity index is 2.87. The number of fused-ring (bicyclic) bond motifs is 1. The van der Waals surface area contributed by atoms with Crippen LogP contribution >= 0.6 is 0 Å². The second kappa shape index (κ2) is 3.10. The SMILES string of the molecule is Cc1cc(C(=O)O)c2ncccc2c1. The van der Waals surface area contributed by atoms with Crippen molar-refractivity contribution >= 4 is 16.9 Å². The molecule has 0 fully saturated rings. The molecule has 1 aromatic carbocycles. The maximum absolute atomic E-state index is 10.9. The van der Waals surface area contributed by atoms with Gasteiger partial charge >= 0.3 is 5.97 Å². The number of carboxylic acids is 1. The molecule has 0 aliphatic rings. The van der Waals surface area contributed by atoms with Crippen molar-refractivity contribution in [2.24, 2.45) is 0 Å². The van der Waals surface area contributed by atoms with Gasteiger partial charge in [-0.1, -0.05) is 6.07 Å². The normalized spacial score (nSPS) is 10.4. The molecule has 0 spiro atoms. The van der Waals surface area contributed by atoms with E-state index < -0.39 is 5.97 Å². The van der Waals surface area contributed by atoms with E-state index in [1.165, 1.54) is 0 Å². The number of hydrogen-bond donors (Lipinski definition) is 1. The van der Waals surface area contributed by atoms with Crippen LogP contribution in [0.2, 0.25) is 0 Å². The number of hydrogen-bond acceptors (Lipinski definition) is 2. The minimum Gasteiger partial charge on any atom is -0.478 e. The predicted octanol–water partition coefficient (Wildman–Crippen LogP) is 2.24. The van der Waals surface area contributed by atoms with Crippen molar-refractivity contribution in [1.82, 2.24) is 4.98 Å². The van der Waals surface area contributed by atoms with Crippen LogP contribution in [0.25, 0.3) is 10.9 Å². The number of aryl methyl sites for hydroxylation is 1. The number of pyridine rings is 1. The lowest BCUT2D eigenvalue weighted by Crippen LogP contribution is -1.99. The van der Waals surface area contributed by atoms with Gasteiger partial charge in [0, 0.05) is 11.6 Å². The Morgan fingerprint density at radius 2 is 2.21 bits per heavy atom. The lowest BCUT2D eigenvalue weighted by Gasteiger charge is -2.02. The van der Waals surface area contributed by atoms with Gasteiger partial charge < -0.3 is 5.11 Å². The smallest absolute Gasteiger partial charge is 0.337 e. The number of rotatable bonds is 1. The molecule has 0 saturated carbocycles. The summed E-state index contributed by atoms with van der Waals surface area (Å²) in [4.78, 5) is 15.0. The average Bonchev–Trinajstić information content (AvgIpc) is 2.16. The van der Waals surface area contributed by atoms with Crippen molar-refractivity contribution in [2.75, 3.05) is 0 Å². The van der Waals surface area contributed by atoms with E-state index in [9.17, 15) is 4.79 Å². The molecular formula is C11H9NO2. The van der Waals surface area contributed by atoms with E-state index in [1.807, 2.05) is 19.1 Å². The van der Waals surface area contributed by atoms with Gasteiger partial charge in [0.2, 0.25) is 0 Å². The highest BCUT2D eigenvalue weighted by atomic mass is 16.4. The fraction of sp³-hybridized carbons (Fsp3) is 0.0909. The Morgan fingerprint density at radius 3 is 2.93 bits per heavy atom. The summed E-state index contributed by atoms with van der Waals surface area (Å²) in [5.74, 6) is -0.933. The van der Waals surface area contributed by atoms with Gasteiger partial charge in [-0.15, -0.1) is 0 Å². The Bertz CT molecular complexity index is 506. The standard InChI is InChI=1S/C11H9NO2/c1-7-5-8-3-2-4-12-10(8)9(6-7)11(13)14/h2-6H,1H3,(H,13,14). The second-order valence-electron chi connectivity index (χ2n) is 3.19. The Morgan fingerprint density at radius 1 is 1.43 bits per heavy atom. The summed E-state index contributed by atoms with van der Waals surface area (Å²) in [5, 5.41) is 9.83. The van der Waals surface area contributed by atoms with E-state index in [0.29, 0.717) is 5.52 Å². The van der Waals surface area contributed by atoms with Gasteiger partial charge in [0.1, 0.15) is 0 Å². The summed E-state index contributed by atoms with van der Waals surface area (Å²) >= 11 is 0. The number of benzene rings is 1. The van der Waals surface area contributed by atoms with Gasteiger partial charge in [-0.3, -0.25) is 4.98 Å². The van der Waals surface area contributed by atoms with Crippen molar-refractivity contribution < 1.29 is 9.90 Å². The van der Waals surface area contributed by atoms with E-state index in [0.717, 1.165) is 10.9 Å². The topological polar surface area (TPSA) is 50.2 Å². The van der Waals surface area contributed by atoms with Gasteiger partial charge in [0.05, 0.1) is 11.1 Å². The third-order valence-corrected chi connectivity index (χ3v) is 2.08. The van der Waals surface area contributed by atoms with Crippen LogP contribution < -0.4 is 0 Å². The van der Waals surface area contributed by atoms with Crippen molar-refractivity contribution in [3.8, 4) is 0 Å². The molecule has 2 aromatic rings. The summed E-state index contributed by atoms with van der Waals surface area (Å²) in [6, 6.07) is 7.22. The number of aromatic carboxylic acids is 1. The molecule has 0 aliphatic heterocycles. The summed E-state index contributed by atoms with van der Waals surface area (Å²) < 4.78 is 0. The van der Waals surface area contributed by atoms with Gasteiger partial charge in [0.15, 0.2) is 0 Å². The summed E-state index contributed by atoms with van der Waals surface area (Å²) in [7, 11) is 0. The molecule has 2 rings (SSSR count). The molecule has 0 unspecified atom stereocenters. The van der Waals surface area contributed by atoms with Crippen LogP contribution in [0.5, 0.6) is 0 Å². The van der Waals surface area contributed by atoms with Crippen LogP contribution in [0, 0.1) is 6.92 Å². The van der Waals surface area contributed by atoms with E-state index in [4.69, 9.17) is 5.11 Å². The maximum atomic E-state index is 10.9. The van der Waals surface area contributed by atoms with Gasteiger partial charge in [-0.25, -0.2) is 4.79 Å². The number of nitrogens with zero attached hydrogens (tertiary/aromatic N) is 1. The predicted molar refractivity (Wildman–Crippen MR) is 53.4 cm³/mol. The summed E-state index contributed by atoms with van der Waals surface area (Å²) in [6.07, 6.45) is 1.60. The zero-order valence-corrected chi connectivity index (χ0v) is 7.69. The van der Waals surface area contributed by atoms with Crippen LogP contribution in [0.4, 0.5) is 0 Å². The highest BCUT2D eigenvalue weighted by Crippen LogP contribution is 2.18. The van der Waals surface area contributed by atoms with Crippen LogP contribution in [0.1, 0.15) is 15.9 Å². The fourth-order valence-corrected chi connectivity index (χ4v) is 1.51. The summed E-state index contributed by atoms with van der Waals surface area (Å²) in [5.41, 5.74) is 1.74. The van der Waals surface area contributed by atoms with E-state index in [2.05, 4.69) is 4.98 Å². The third kappa shape index (κ3) is 1.33. The molecule has 70 valence electrons. The van der Waals surface area contributed by atoms with Crippen molar-refractivity contribution in [3.05, 3.63) is 41.6 Å². The Hall–Kier alpha value is -1.90. The van der Waals surface area contributed by atoms with E-state index in [1.54, 1.807) is 18.3 Å². The molecular weight excluding hydrogens is 178 g/mol. The molecule has 0 atom stereocenters. The molecule has 1 heterocycles. The van der Waals surface area contributed by atoms with Gasteiger partial charge in [-0.2, -0.15) is 0 Å². The Labute approximate surface area is 81.0 Å². The lowest BCUT2D eigenvalue weighted by atomic mass is 10.1. The second-order valence-corrected chi connectivity index (χ2v) is 3.19. The first kappa shape index (κ1) is 8.69. The van der Waals surface area contributed by atoms with Crippen LogP contribution in [0.15, 0.2) is 30.5 Å². The molecule has 1 N–H and O–H groups in total. The summed E-state index contributed by atoms with van der Waals surface area (Å²) in [6.45, 7) is 1.87. The first-order valence-electron chi connectivity index (χ1n) is 4.27. The fourth-order valence-electron chi connectivity index (χ4n) is 1.51.